The van der Waals surface area contributed by atoms with Gasteiger partial charge in [-0.25, -0.2) is 0 Å². The molecule has 136 valence electrons. The summed E-state index contributed by atoms with van der Waals surface area (Å²) in [7, 11) is 0. The summed E-state index contributed by atoms with van der Waals surface area (Å²) in [6.07, 6.45) is 6.86. The summed E-state index contributed by atoms with van der Waals surface area (Å²) in [6.45, 7) is 6.71. The first-order valence-electron chi connectivity index (χ1n) is 9.43. The highest BCUT2D eigenvalue weighted by Gasteiger charge is 2.47. The number of carbonyl (C=O) groups is 1. The van der Waals surface area contributed by atoms with Gasteiger partial charge in [-0.3, -0.25) is 9.69 Å². The van der Waals surface area contributed by atoms with E-state index in [0.717, 1.165) is 52.1 Å². The molecule has 25 heavy (non-hydrogen) atoms. The molecule has 1 aromatic carbocycles. The smallest absolute Gasteiger partial charge is 0.313 e. The first kappa shape index (κ1) is 18.2. The van der Waals surface area contributed by atoms with Crippen LogP contribution in [0.25, 0.3) is 0 Å². The van der Waals surface area contributed by atoms with Crippen LogP contribution in [-0.4, -0.2) is 50.3 Å². The van der Waals surface area contributed by atoms with Gasteiger partial charge in [-0.15, -0.1) is 0 Å². The third kappa shape index (κ3) is 4.13. The van der Waals surface area contributed by atoms with Crippen LogP contribution in [0.15, 0.2) is 42.5 Å². The zero-order valence-corrected chi connectivity index (χ0v) is 15.2. The maximum Gasteiger partial charge on any atom is 0.313 e. The number of carbonyl (C=O) groups excluding carboxylic acids is 1. The van der Waals surface area contributed by atoms with Crippen molar-refractivity contribution < 1.29 is 14.3 Å². The van der Waals surface area contributed by atoms with E-state index in [1.165, 1.54) is 5.56 Å². The van der Waals surface area contributed by atoms with Crippen LogP contribution in [0.1, 0.15) is 37.7 Å². The lowest BCUT2D eigenvalue weighted by Gasteiger charge is -2.41. The van der Waals surface area contributed by atoms with Gasteiger partial charge in [0.1, 0.15) is 0 Å². The number of rotatable bonds is 6. The maximum atomic E-state index is 13.1. The fourth-order valence-corrected chi connectivity index (χ4v) is 4.10. The fraction of sp³-hybridized carbons (Fsp3) is 0.571. The highest BCUT2D eigenvalue weighted by atomic mass is 16.5. The Morgan fingerprint density at radius 2 is 2.00 bits per heavy atom. The van der Waals surface area contributed by atoms with Gasteiger partial charge >= 0.3 is 5.97 Å². The average Bonchev–Trinajstić information content (AvgIpc) is 2.68. The number of hydrogen-bond acceptors (Lipinski definition) is 4. The molecular formula is C21H29NO3. The van der Waals surface area contributed by atoms with E-state index in [-0.39, 0.29) is 11.9 Å². The van der Waals surface area contributed by atoms with Gasteiger partial charge in [0.2, 0.25) is 0 Å². The number of morpholine rings is 1. The molecule has 0 radical (unpaired) electrons. The van der Waals surface area contributed by atoms with Crippen LogP contribution in [0.3, 0.4) is 0 Å². The first-order chi connectivity index (χ1) is 12.3. The van der Waals surface area contributed by atoms with Crippen LogP contribution in [0.5, 0.6) is 0 Å². The van der Waals surface area contributed by atoms with E-state index in [0.29, 0.717) is 6.61 Å². The van der Waals surface area contributed by atoms with E-state index < -0.39 is 5.41 Å². The van der Waals surface area contributed by atoms with Crippen molar-refractivity contribution in [3.05, 3.63) is 48.0 Å². The molecule has 0 saturated carbocycles. The molecule has 0 aromatic heterocycles. The summed E-state index contributed by atoms with van der Waals surface area (Å²) in [6, 6.07) is 10.4. The van der Waals surface area contributed by atoms with Crippen molar-refractivity contribution in [1.29, 1.82) is 0 Å². The molecule has 1 aliphatic carbocycles. The molecule has 1 fully saturated rings. The maximum absolute atomic E-state index is 13.1. The summed E-state index contributed by atoms with van der Waals surface area (Å²) in [5.41, 5.74) is 0.770. The molecular weight excluding hydrogens is 314 g/mol. The van der Waals surface area contributed by atoms with Crippen molar-refractivity contribution in [2.45, 2.75) is 32.1 Å². The minimum Gasteiger partial charge on any atom is -0.466 e. The van der Waals surface area contributed by atoms with Gasteiger partial charge < -0.3 is 9.47 Å². The normalized spacial score (nSPS) is 27.2. The number of benzene rings is 1. The van der Waals surface area contributed by atoms with Crippen LogP contribution < -0.4 is 0 Å². The molecule has 0 bridgehead atoms. The Morgan fingerprint density at radius 1 is 1.24 bits per heavy atom. The molecule has 2 unspecified atom stereocenters. The third-order valence-corrected chi connectivity index (χ3v) is 5.55. The van der Waals surface area contributed by atoms with Crippen molar-refractivity contribution in [3.8, 4) is 0 Å². The number of allylic oxidation sites excluding steroid dienone is 2. The van der Waals surface area contributed by atoms with E-state index in [1.807, 2.05) is 13.0 Å². The van der Waals surface area contributed by atoms with Crippen LogP contribution in [-0.2, 0) is 14.3 Å². The standard InChI is InChI=1S/C21H29NO3/c1-2-25-20(23)21(12-13-22-14-16-24-17-15-22)11-7-6-10-19(21)18-8-4-3-5-9-18/h3-9,19H,2,10-17H2,1H3. The summed E-state index contributed by atoms with van der Waals surface area (Å²) >= 11 is 0. The fourth-order valence-electron chi connectivity index (χ4n) is 4.10. The molecule has 1 aromatic rings. The lowest BCUT2D eigenvalue weighted by Crippen LogP contribution is -2.44. The van der Waals surface area contributed by atoms with Crippen LogP contribution in [0.2, 0.25) is 0 Å². The van der Waals surface area contributed by atoms with Crippen molar-refractivity contribution in [2.24, 2.45) is 5.41 Å². The van der Waals surface area contributed by atoms with E-state index in [9.17, 15) is 4.79 Å². The second kappa shape index (κ2) is 8.63. The lowest BCUT2D eigenvalue weighted by molar-refractivity contribution is -0.158. The Balaban J connectivity index is 1.85. The van der Waals surface area contributed by atoms with Crippen LogP contribution in [0, 0.1) is 5.41 Å². The predicted molar refractivity (Wildman–Crippen MR) is 98.5 cm³/mol. The quantitative estimate of drug-likeness (QED) is 0.586. The van der Waals surface area contributed by atoms with Gasteiger partial charge in [0.25, 0.3) is 0 Å². The second-order valence-electron chi connectivity index (χ2n) is 6.96. The highest BCUT2D eigenvalue weighted by Crippen LogP contribution is 2.48. The number of hydrogen-bond donors (Lipinski definition) is 0. The topological polar surface area (TPSA) is 38.8 Å². The molecule has 2 atom stereocenters. The van der Waals surface area contributed by atoms with E-state index in [1.54, 1.807) is 0 Å². The Kier molecular flexibility index (Phi) is 6.27. The molecule has 0 N–H and O–H groups in total. The van der Waals surface area contributed by atoms with E-state index in [4.69, 9.17) is 9.47 Å². The minimum absolute atomic E-state index is 0.0403. The zero-order valence-electron chi connectivity index (χ0n) is 15.2. The van der Waals surface area contributed by atoms with Gasteiger partial charge in [-0.1, -0.05) is 42.5 Å². The zero-order chi connectivity index (χ0) is 17.5. The molecule has 0 spiro atoms. The lowest BCUT2D eigenvalue weighted by atomic mass is 9.64. The summed E-state index contributed by atoms with van der Waals surface area (Å²) in [5.74, 6) is 0.139. The monoisotopic (exact) mass is 343 g/mol. The van der Waals surface area contributed by atoms with Gasteiger partial charge in [0.15, 0.2) is 0 Å². The van der Waals surface area contributed by atoms with Gasteiger partial charge in [0, 0.05) is 19.0 Å². The Bertz CT molecular complexity index is 580. The SMILES string of the molecule is CCOC(=O)C1(CCN2CCOCC2)CC=CCC1c1ccccc1. The summed E-state index contributed by atoms with van der Waals surface area (Å²) < 4.78 is 11.0. The predicted octanol–water partition coefficient (Wildman–Crippen LogP) is 3.39. The molecule has 4 nitrogen and oxygen atoms in total. The Morgan fingerprint density at radius 3 is 2.72 bits per heavy atom. The number of esters is 1. The summed E-state index contributed by atoms with van der Waals surface area (Å²) in [5, 5.41) is 0. The minimum atomic E-state index is -0.468. The average molecular weight is 343 g/mol. The van der Waals surface area contributed by atoms with Gasteiger partial charge in [0.05, 0.1) is 25.2 Å². The van der Waals surface area contributed by atoms with Crippen LogP contribution in [0.4, 0.5) is 0 Å². The van der Waals surface area contributed by atoms with Crippen LogP contribution >= 0.6 is 0 Å². The number of nitrogens with zero attached hydrogens (tertiary/aromatic N) is 1. The van der Waals surface area contributed by atoms with Gasteiger partial charge in [-0.2, -0.15) is 0 Å². The summed E-state index contributed by atoms with van der Waals surface area (Å²) in [4.78, 5) is 15.5. The molecule has 1 aliphatic heterocycles. The van der Waals surface area contributed by atoms with E-state index >= 15 is 0 Å². The second-order valence-corrected chi connectivity index (χ2v) is 6.96. The van der Waals surface area contributed by atoms with Crippen molar-refractivity contribution in [2.75, 3.05) is 39.5 Å². The van der Waals surface area contributed by atoms with E-state index in [2.05, 4.69) is 41.3 Å². The van der Waals surface area contributed by atoms with Crippen molar-refractivity contribution in [3.63, 3.8) is 0 Å². The molecule has 3 rings (SSSR count). The number of ether oxygens (including phenoxy) is 2. The third-order valence-electron chi connectivity index (χ3n) is 5.55. The molecule has 4 heteroatoms. The highest BCUT2D eigenvalue weighted by molar-refractivity contribution is 5.79. The molecule has 1 saturated heterocycles. The Labute approximate surface area is 150 Å². The molecule has 1 heterocycles. The van der Waals surface area contributed by atoms with Gasteiger partial charge in [-0.05, 0) is 38.3 Å². The van der Waals surface area contributed by atoms with Crippen molar-refractivity contribution >= 4 is 5.97 Å². The molecule has 2 aliphatic rings. The Hall–Kier alpha value is -1.65. The first-order valence-corrected chi connectivity index (χ1v) is 9.43. The molecule has 0 amide bonds. The largest absolute Gasteiger partial charge is 0.466 e. The van der Waals surface area contributed by atoms with Crippen molar-refractivity contribution in [1.82, 2.24) is 4.90 Å².